The Morgan fingerprint density at radius 2 is 0.683 bits per heavy atom. The normalized spacial score (nSPS) is 12.5. The van der Waals surface area contributed by atoms with Gasteiger partial charge in [-0.15, -0.1) is 0 Å². The molecular formula is C54H107NO5. The van der Waals surface area contributed by atoms with Gasteiger partial charge in [0, 0.05) is 12.8 Å². The first-order valence-corrected chi connectivity index (χ1v) is 27.3. The first-order valence-electron chi connectivity index (χ1n) is 27.3. The van der Waals surface area contributed by atoms with Crippen LogP contribution in [0.15, 0.2) is 0 Å². The Morgan fingerprint density at radius 1 is 0.400 bits per heavy atom. The zero-order valence-corrected chi connectivity index (χ0v) is 40.7. The fourth-order valence-corrected chi connectivity index (χ4v) is 8.70. The number of carbonyl (C=O) groups excluding carboxylic acids is 2. The van der Waals surface area contributed by atoms with E-state index in [1.165, 1.54) is 218 Å². The molecule has 0 aliphatic carbocycles. The largest absolute Gasteiger partial charge is 0.466 e. The second-order valence-electron chi connectivity index (χ2n) is 18.9. The summed E-state index contributed by atoms with van der Waals surface area (Å²) < 4.78 is 5.45. The molecule has 2 unspecified atom stereocenters. The Kier molecular flexibility index (Phi) is 49.5. The molecule has 0 saturated heterocycles. The van der Waals surface area contributed by atoms with Gasteiger partial charge in [0.25, 0.3) is 0 Å². The summed E-state index contributed by atoms with van der Waals surface area (Å²) in [7, 11) is 0. The third kappa shape index (κ3) is 46.4. The van der Waals surface area contributed by atoms with Crippen LogP contribution in [0.5, 0.6) is 0 Å². The molecule has 0 radical (unpaired) electrons. The van der Waals surface area contributed by atoms with E-state index in [-0.39, 0.29) is 18.5 Å². The molecule has 0 aromatic heterocycles. The number of amides is 1. The Balaban J connectivity index is 3.45. The van der Waals surface area contributed by atoms with Crippen molar-refractivity contribution in [3.63, 3.8) is 0 Å². The van der Waals surface area contributed by atoms with E-state index < -0.39 is 12.1 Å². The smallest absolute Gasteiger partial charge is 0.305 e. The Hall–Kier alpha value is -1.14. The standard InChI is InChI=1S/C54H107NO5/c1-3-5-7-9-11-13-15-16-17-18-19-20-21-22-23-27-30-34-38-42-46-52(57)51(50-56)55-53(58)47-43-39-35-31-28-24-25-29-33-37-41-45-49-60-54(59)48-44-40-36-32-26-14-12-10-8-6-4-2/h51-52,56-57H,3-50H2,1-2H3,(H,55,58). The number of nitrogens with one attached hydrogen (secondary N) is 1. The topological polar surface area (TPSA) is 95.9 Å². The van der Waals surface area contributed by atoms with Crippen LogP contribution < -0.4 is 5.32 Å². The number of hydrogen-bond donors (Lipinski definition) is 3. The number of esters is 1. The van der Waals surface area contributed by atoms with Gasteiger partial charge in [0.15, 0.2) is 0 Å². The van der Waals surface area contributed by atoms with Crippen molar-refractivity contribution in [1.82, 2.24) is 5.32 Å². The SMILES string of the molecule is CCCCCCCCCCCCCCCCCCCCCCC(O)C(CO)NC(=O)CCCCCCCCCCCCCCOC(=O)CCCCCCCCCCCCC. The van der Waals surface area contributed by atoms with Gasteiger partial charge in [0.05, 0.1) is 25.4 Å². The Bertz CT molecular complexity index is 852. The zero-order valence-electron chi connectivity index (χ0n) is 40.7. The lowest BCUT2D eigenvalue weighted by molar-refractivity contribution is -0.143. The molecule has 358 valence electrons. The maximum atomic E-state index is 12.5. The minimum absolute atomic E-state index is 0.00842. The molecule has 0 rings (SSSR count). The van der Waals surface area contributed by atoms with Crippen LogP contribution in [-0.4, -0.2) is 47.4 Å². The third-order valence-electron chi connectivity index (χ3n) is 12.9. The molecule has 0 heterocycles. The molecule has 2 atom stereocenters. The van der Waals surface area contributed by atoms with E-state index >= 15 is 0 Å². The summed E-state index contributed by atoms with van der Waals surface area (Å²) in [5, 5.41) is 23.3. The minimum Gasteiger partial charge on any atom is -0.466 e. The molecular weight excluding hydrogens is 743 g/mol. The molecule has 0 spiro atoms. The van der Waals surface area contributed by atoms with Crippen LogP contribution in [-0.2, 0) is 14.3 Å². The quantitative estimate of drug-likeness (QED) is 0.0418. The first kappa shape index (κ1) is 58.9. The lowest BCUT2D eigenvalue weighted by Gasteiger charge is -2.22. The monoisotopic (exact) mass is 850 g/mol. The molecule has 0 aliphatic heterocycles. The van der Waals surface area contributed by atoms with Crippen LogP contribution in [0.3, 0.4) is 0 Å². The van der Waals surface area contributed by atoms with Crippen molar-refractivity contribution in [3.8, 4) is 0 Å². The van der Waals surface area contributed by atoms with Crippen molar-refractivity contribution < 1.29 is 24.5 Å². The Labute approximate surface area is 375 Å². The van der Waals surface area contributed by atoms with E-state index in [0.29, 0.717) is 25.9 Å². The third-order valence-corrected chi connectivity index (χ3v) is 12.9. The van der Waals surface area contributed by atoms with Crippen molar-refractivity contribution >= 4 is 11.9 Å². The molecule has 1 amide bonds. The second kappa shape index (κ2) is 50.5. The fourth-order valence-electron chi connectivity index (χ4n) is 8.70. The van der Waals surface area contributed by atoms with Gasteiger partial charge in [-0.25, -0.2) is 0 Å². The van der Waals surface area contributed by atoms with E-state index in [2.05, 4.69) is 19.2 Å². The molecule has 60 heavy (non-hydrogen) atoms. The average molecular weight is 850 g/mol. The maximum absolute atomic E-state index is 12.5. The van der Waals surface area contributed by atoms with E-state index in [0.717, 1.165) is 57.8 Å². The summed E-state index contributed by atoms with van der Waals surface area (Å²) in [4.78, 5) is 24.5. The highest BCUT2D eigenvalue weighted by atomic mass is 16.5. The van der Waals surface area contributed by atoms with Crippen LogP contribution in [0.1, 0.15) is 309 Å². The van der Waals surface area contributed by atoms with Crippen LogP contribution in [0.2, 0.25) is 0 Å². The number of ether oxygens (including phenoxy) is 1. The molecule has 0 bridgehead atoms. The van der Waals surface area contributed by atoms with Crippen molar-refractivity contribution in [1.29, 1.82) is 0 Å². The van der Waals surface area contributed by atoms with Gasteiger partial charge in [0.2, 0.25) is 5.91 Å². The number of aliphatic hydroxyl groups excluding tert-OH is 2. The van der Waals surface area contributed by atoms with Gasteiger partial charge in [-0.3, -0.25) is 9.59 Å². The van der Waals surface area contributed by atoms with Crippen molar-refractivity contribution in [2.24, 2.45) is 0 Å². The number of hydrogen-bond acceptors (Lipinski definition) is 5. The fraction of sp³-hybridized carbons (Fsp3) is 0.963. The van der Waals surface area contributed by atoms with Crippen LogP contribution in [0.25, 0.3) is 0 Å². The number of carbonyl (C=O) groups is 2. The van der Waals surface area contributed by atoms with Gasteiger partial charge < -0.3 is 20.3 Å². The average Bonchev–Trinajstić information content (AvgIpc) is 3.25. The van der Waals surface area contributed by atoms with Crippen molar-refractivity contribution in [2.75, 3.05) is 13.2 Å². The minimum atomic E-state index is -0.673. The number of unbranched alkanes of at least 4 members (excludes halogenated alkanes) is 40. The van der Waals surface area contributed by atoms with Gasteiger partial charge in [-0.05, 0) is 25.7 Å². The molecule has 0 aromatic carbocycles. The first-order chi connectivity index (χ1) is 29.5. The second-order valence-corrected chi connectivity index (χ2v) is 18.9. The molecule has 3 N–H and O–H groups in total. The Morgan fingerprint density at radius 3 is 1.02 bits per heavy atom. The molecule has 0 aliphatic rings. The van der Waals surface area contributed by atoms with E-state index in [4.69, 9.17) is 4.74 Å². The van der Waals surface area contributed by atoms with Gasteiger partial charge in [-0.2, -0.15) is 0 Å². The summed E-state index contributed by atoms with van der Waals surface area (Å²) in [5.41, 5.74) is 0. The molecule has 0 aromatic rings. The summed E-state index contributed by atoms with van der Waals surface area (Å²) in [6.07, 6.45) is 56.5. The van der Waals surface area contributed by atoms with Crippen molar-refractivity contribution in [3.05, 3.63) is 0 Å². The molecule has 0 fully saturated rings. The highest BCUT2D eigenvalue weighted by Gasteiger charge is 2.20. The summed E-state index contributed by atoms with van der Waals surface area (Å²) in [5.74, 6) is -0.0553. The highest BCUT2D eigenvalue weighted by molar-refractivity contribution is 5.76. The summed E-state index contributed by atoms with van der Waals surface area (Å²) in [6.45, 7) is 4.94. The van der Waals surface area contributed by atoms with Crippen LogP contribution in [0, 0.1) is 0 Å². The summed E-state index contributed by atoms with van der Waals surface area (Å²) in [6, 6.07) is -0.552. The molecule has 0 saturated carbocycles. The van der Waals surface area contributed by atoms with E-state index in [1.807, 2.05) is 0 Å². The van der Waals surface area contributed by atoms with Crippen LogP contribution in [0.4, 0.5) is 0 Å². The molecule has 6 nitrogen and oxygen atoms in total. The number of rotatable bonds is 51. The maximum Gasteiger partial charge on any atom is 0.305 e. The van der Waals surface area contributed by atoms with E-state index in [9.17, 15) is 19.8 Å². The van der Waals surface area contributed by atoms with Gasteiger partial charge in [-0.1, -0.05) is 271 Å². The highest BCUT2D eigenvalue weighted by Crippen LogP contribution is 2.17. The zero-order chi connectivity index (χ0) is 43.7. The lowest BCUT2D eigenvalue weighted by atomic mass is 10.0. The van der Waals surface area contributed by atoms with Gasteiger partial charge >= 0.3 is 5.97 Å². The van der Waals surface area contributed by atoms with Crippen molar-refractivity contribution in [2.45, 2.75) is 321 Å². The predicted molar refractivity (Wildman–Crippen MR) is 260 cm³/mol. The predicted octanol–water partition coefficient (Wildman–Crippen LogP) is 16.4. The molecule has 6 heteroatoms. The lowest BCUT2D eigenvalue weighted by Crippen LogP contribution is -2.45. The van der Waals surface area contributed by atoms with Crippen LogP contribution >= 0.6 is 0 Å². The van der Waals surface area contributed by atoms with Gasteiger partial charge in [0.1, 0.15) is 0 Å². The number of aliphatic hydroxyl groups is 2. The van der Waals surface area contributed by atoms with E-state index in [1.54, 1.807) is 0 Å². The summed E-state index contributed by atoms with van der Waals surface area (Å²) >= 11 is 0.